The smallest absolute Gasteiger partial charge is 0.321 e. The molecule has 0 aliphatic heterocycles. The number of amides is 1. The van der Waals surface area contributed by atoms with Crippen molar-refractivity contribution in [2.75, 3.05) is 5.06 Å². The molecule has 0 bridgehead atoms. The Kier molecular flexibility index (Phi) is 5.77. The molecule has 4 rings (SSSR count). The third-order valence-corrected chi connectivity index (χ3v) is 4.78. The highest BCUT2D eigenvalue weighted by Gasteiger charge is 2.21. The van der Waals surface area contributed by atoms with Gasteiger partial charge in [-0.3, -0.25) is 10.0 Å². The molecule has 31 heavy (non-hydrogen) atoms. The van der Waals surface area contributed by atoms with Gasteiger partial charge in [-0.2, -0.15) is 5.06 Å². The molecule has 1 aromatic heterocycles. The lowest BCUT2D eigenvalue weighted by Gasteiger charge is -2.13. The molecule has 0 aliphatic carbocycles. The average molecular weight is 457 g/mol. The van der Waals surface area contributed by atoms with Crippen LogP contribution in [-0.4, -0.2) is 31.0 Å². The molecule has 1 heterocycles. The number of halogens is 2. The maximum absolute atomic E-state index is 12.6. The normalized spacial score (nSPS) is 10.7. The number of aromatic nitrogens is 3. The number of rotatable bonds is 5. The number of hydroxylamine groups is 1. The Balaban J connectivity index is 1.50. The van der Waals surface area contributed by atoms with Crippen LogP contribution < -0.4 is 9.80 Å². The summed E-state index contributed by atoms with van der Waals surface area (Å²) >= 11 is 11.8. The standard InChI is InChI=1S/C21H14Cl2N4O4/c22-17-10-14(11-18(23)19(17)28)26-12-24-20(25-26)21(29)27(30)13-6-8-16(9-7-13)31-15-4-2-1-3-5-15/h1-12,28,30H. The molecule has 0 unspecified atom stereocenters. The van der Waals surface area contributed by atoms with E-state index in [1.165, 1.54) is 35.3 Å². The predicted octanol–water partition coefficient (Wildman–Crippen LogP) is 5.11. The van der Waals surface area contributed by atoms with Crippen LogP contribution in [0.5, 0.6) is 17.2 Å². The topological polar surface area (TPSA) is 101 Å². The Hall–Kier alpha value is -3.59. The first-order chi connectivity index (χ1) is 14.9. The molecule has 0 saturated heterocycles. The minimum atomic E-state index is -0.841. The zero-order chi connectivity index (χ0) is 22.0. The summed E-state index contributed by atoms with van der Waals surface area (Å²) in [6.07, 6.45) is 1.26. The van der Waals surface area contributed by atoms with E-state index in [9.17, 15) is 15.1 Å². The summed E-state index contributed by atoms with van der Waals surface area (Å²) in [5.41, 5.74) is 0.587. The second-order valence-corrected chi connectivity index (χ2v) is 7.11. The lowest BCUT2D eigenvalue weighted by atomic mass is 10.3. The number of benzene rings is 3. The highest BCUT2D eigenvalue weighted by molar-refractivity contribution is 6.37. The summed E-state index contributed by atoms with van der Waals surface area (Å²) in [5, 5.41) is 24.5. The van der Waals surface area contributed by atoms with Crippen LogP contribution in [0.3, 0.4) is 0 Å². The lowest BCUT2D eigenvalue weighted by Crippen LogP contribution is -2.28. The van der Waals surface area contributed by atoms with Crippen LogP contribution in [0.2, 0.25) is 10.0 Å². The molecule has 0 spiro atoms. The van der Waals surface area contributed by atoms with Crippen molar-refractivity contribution >= 4 is 34.8 Å². The van der Waals surface area contributed by atoms with E-state index in [1.54, 1.807) is 12.1 Å². The summed E-state index contributed by atoms with van der Waals surface area (Å²) in [6.45, 7) is 0. The van der Waals surface area contributed by atoms with Gasteiger partial charge < -0.3 is 9.84 Å². The molecule has 0 saturated carbocycles. The minimum absolute atomic E-state index is 0.0208. The van der Waals surface area contributed by atoms with Gasteiger partial charge in [0.15, 0.2) is 5.75 Å². The molecule has 1 amide bonds. The highest BCUT2D eigenvalue weighted by atomic mass is 35.5. The van der Waals surface area contributed by atoms with Crippen LogP contribution in [0, 0.1) is 0 Å². The van der Waals surface area contributed by atoms with E-state index in [4.69, 9.17) is 27.9 Å². The second-order valence-electron chi connectivity index (χ2n) is 6.30. The minimum Gasteiger partial charge on any atom is -0.505 e. The third-order valence-electron chi connectivity index (χ3n) is 4.20. The van der Waals surface area contributed by atoms with Crippen LogP contribution >= 0.6 is 23.2 Å². The van der Waals surface area contributed by atoms with Crippen molar-refractivity contribution in [2.24, 2.45) is 0 Å². The molecule has 0 aliphatic rings. The van der Waals surface area contributed by atoms with E-state index in [0.717, 1.165) is 0 Å². The first-order valence-electron chi connectivity index (χ1n) is 8.89. The number of phenolic OH excluding ortho intramolecular Hbond substituents is 1. The fraction of sp³-hybridized carbons (Fsp3) is 0. The van der Waals surface area contributed by atoms with Gasteiger partial charge in [-0.15, -0.1) is 5.10 Å². The van der Waals surface area contributed by atoms with E-state index in [0.29, 0.717) is 22.2 Å². The van der Waals surface area contributed by atoms with E-state index in [1.807, 2.05) is 30.3 Å². The summed E-state index contributed by atoms with van der Waals surface area (Å²) in [6, 6.07) is 18.3. The Morgan fingerprint density at radius 2 is 1.58 bits per heavy atom. The number of phenols is 1. The molecule has 8 nitrogen and oxygen atoms in total. The summed E-state index contributed by atoms with van der Waals surface area (Å²) in [4.78, 5) is 16.5. The summed E-state index contributed by atoms with van der Waals surface area (Å²) in [7, 11) is 0. The van der Waals surface area contributed by atoms with Crippen LogP contribution in [0.4, 0.5) is 5.69 Å². The maximum atomic E-state index is 12.6. The van der Waals surface area contributed by atoms with Crippen molar-refractivity contribution in [1.82, 2.24) is 14.8 Å². The molecule has 2 N–H and O–H groups in total. The Labute approximate surface area is 186 Å². The monoisotopic (exact) mass is 456 g/mol. The van der Waals surface area contributed by atoms with Crippen LogP contribution in [0.15, 0.2) is 73.1 Å². The zero-order valence-electron chi connectivity index (χ0n) is 15.7. The number of aromatic hydroxyl groups is 1. The van der Waals surface area contributed by atoms with Crippen molar-refractivity contribution < 1.29 is 19.8 Å². The largest absolute Gasteiger partial charge is 0.505 e. The number of carbonyl (C=O) groups is 1. The van der Waals surface area contributed by atoms with Crippen molar-refractivity contribution in [3.63, 3.8) is 0 Å². The molecule has 0 fully saturated rings. The summed E-state index contributed by atoms with van der Waals surface area (Å²) < 4.78 is 6.93. The van der Waals surface area contributed by atoms with Gasteiger partial charge in [-0.25, -0.2) is 9.67 Å². The first kappa shape index (κ1) is 20.7. The number of nitrogens with zero attached hydrogens (tertiary/aromatic N) is 4. The van der Waals surface area contributed by atoms with E-state index >= 15 is 0 Å². The number of anilines is 1. The number of ether oxygens (including phenoxy) is 1. The van der Waals surface area contributed by atoms with Gasteiger partial charge in [0.05, 0.1) is 21.4 Å². The van der Waals surface area contributed by atoms with Crippen LogP contribution in [0.1, 0.15) is 10.6 Å². The van der Waals surface area contributed by atoms with Crippen molar-refractivity contribution in [2.45, 2.75) is 0 Å². The van der Waals surface area contributed by atoms with Crippen molar-refractivity contribution in [1.29, 1.82) is 0 Å². The number of hydrogen-bond donors (Lipinski definition) is 2. The van der Waals surface area contributed by atoms with Crippen molar-refractivity contribution in [3.05, 3.63) is 88.9 Å². The zero-order valence-corrected chi connectivity index (χ0v) is 17.2. The average Bonchev–Trinajstić information content (AvgIpc) is 3.28. The van der Waals surface area contributed by atoms with Gasteiger partial charge in [0.1, 0.15) is 17.8 Å². The molecular weight excluding hydrogens is 443 g/mol. The quantitative estimate of drug-likeness (QED) is 0.319. The van der Waals surface area contributed by atoms with Gasteiger partial charge in [-0.05, 0) is 48.5 Å². The van der Waals surface area contributed by atoms with E-state index < -0.39 is 5.91 Å². The fourth-order valence-electron chi connectivity index (χ4n) is 2.66. The maximum Gasteiger partial charge on any atom is 0.321 e. The molecule has 4 aromatic rings. The highest BCUT2D eigenvalue weighted by Crippen LogP contribution is 2.33. The predicted molar refractivity (Wildman–Crippen MR) is 115 cm³/mol. The Morgan fingerprint density at radius 3 is 2.23 bits per heavy atom. The van der Waals surface area contributed by atoms with Crippen molar-refractivity contribution in [3.8, 4) is 22.9 Å². The van der Waals surface area contributed by atoms with E-state index in [2.05, 4.69) is 10.1 Å². The molecule has 0 atom stereocenters. The first-order valence-corrected chi connectivity index (χ1v) is 9.64. The molecule has 156 valence electrons. The molecule has 3 aromatic carbocycles. The molecular formula is C21H14Cl2N4O4. The van der Waals surface area contributed by atoms with Gasteiger partial charge in [0.2, 0.25) is 5.82 Å². The number of hydrogen-bond acceptors (Lipinski definition) is 6. The van der Waals surface area contributed by atoms with Gasteiger partial charge in [-0.1, -0.05) is 41.4 Å². The van der Waals surface area contributed by atoms with Gasteiger partial charge in [0, 0.05) is 0 Å². The molecule has 0 radical (unpaired) electrons. The lowest BCUT2D eigenvalue weighted by molar-refractivity contribution is 0.0844. The van der Waals surface area contributed by atoms with E-state index in [-0.39, 0.29) is 27.3 Å². The van der Waals surface area contributed by atoms with Crippen LogP contribution in [0.25, 0.3) is 5.69 Å². The SMILES string of the molecule is O=C(c1ncn(-c2cc(Cl)c(O)c(Cl)c2)n1)N(O)c1ccc(Oc2ccccc2)cc1. The third kappa shape index (κ3) is 4.46. The van der Waals surface area contributed by atoms with Gasteiger partial charge in [0.25, 0.3) is 0 Å². The Bertz CT molecular complexity index is 1210. The fourth-order valence-corrected chi connectivity index (χ4v) is 3.14. The second kappa shape index (κ2) is 8.65. The van der Waals surface area contributed by atoms with Crippen LogP contribution in [-0.2, 0) is 0 Å². The number of para-hydroxylation sites is 1. The van der Waals surface area contributed by atoms with Gasteiger partial charge >= 0.3 is 5.91 Å². The Morgan fingerprint density at radius 1 is 0.968 bits per heavy atom. The summed E-state index contributed by atoms with van der Waals surface area (Å²) in [5.74, 6) is -0.153. The number of carbonyl (C=O) groups excluding carboxylic acids is 1. The molecule has 10 heteroatoms.